The van der Waals surface area contributed by atoms with Crippen LogP contribution in [0.5, 0.6) is 11.5 Å². The van der Waals surface area contributed by atoms with E-state index in [0.717, 1.165) is 32.4 Å². The van der Waals surface area contributed by atoms with Crippen molar-refractivity contribution in [2.75, 3.05) is 33.4 Å². The Bertz CT molecular complexity index is 1430. The first-order valence-corrected chi connectivity index (χ1v) is 14.0. The molecular weight excluding hydrogens is 590 g/mol. The summed E-state index contributed by atoms with van der Waals surface area (Å²) < 4.78 is 38.8. The standard InChI is InChI=1S/C31H32F2N2O3.C2H2O4.H2O/c1-22(36)23-6-15-29(30(19-23)37-2)38-18-4-17-35-16-3-5-26(20-35)31(21-34,24-7-11-27(32)12-8-24)25-9-13-28(33)14-10-25;3-1(4)2(5)6;/h6-15,19,26H,3-5,16-18,20H2,1-2H3;(H,3,4)(H,5,6);1H2. The molecule has 0 radical (unpaired) electrons. The second kappa shape index (κ2) is 16.8. The number of carbonyl (C=O) groups is 3. The Hall–Kier alpha value is -4.86. The molecule has 45 heavy (non-hydrogen) atoms. The number of carboxylic acids is 2. The van der Waals surface area contributed by atoms with E-state index in [-0.39, 0.29) is 28.8 Å². The predicted octanol–water partition coefficient (Wildman–Crippen LogP) is 4.50. The van der Waals surface area contributed by atoms with E-state index >= 15 is 0 Å². The molecule has 0 saturated carbocycles. The van der Waals surface area contributed by atoms with Crippen LogP contribution in [-0.2, 0) is 15.0 Å². The minimum Gasteiger partial charge on any atom is -0.493 e. The summed E-state index contributed by atoms with van der Waals surface area (Å²) in [4.78, 5) is 32.2. The number of carboxylic acid groups (broad SMARTS) is 2. The third kappa shape index (κ3) is 9.31. The lowest BCUT2D eigenvalue weighted by molar-refractivity contribution is -0.159. The van der Waals surface area contributed by atoms with E-state index in [4.69, 9.17) is 29.3 Å². The SMILES string of the molecule is COc1cc(C(C)=O)ccc1OCCCN1CCCC(C(C#N)(c2ccc(F)cc2)c2ccc(F)cc2)C1.O.O=C(O)C(=O)O. The van der Waals surface area contributed by atoms with Crippen LogP contribution >= 0.6 is 0 Å². The van der Waals surface area contributed by atoms with Crippen LogP contribution in [0.2, 0.25) is 0 Å². The summed E-state index contributed by atoms with van der Waals surface area (Å²) in [5, 5.41) is 25.4. The molecule has 0 spiro atoms. The lowest BCUT2D eigenvalue weighted by Crippen LogP contribution is -2.46. The summed E-state index contributed by atoms with van der Waals surface area (Å²) >= 11 is 0. The minimum atomic E-state index is -1.82. The van der Waals surface area contributed by atoms with Crippen LogP contribution in [0.3, 0.4) is 0 Å². The predicted molar refractivity (Wildman–Crippen MR) is 160 cm³/mol. The largest absolute Gasteiger partial charge is 0.493 e. The van der Waals surface area contributed by atoms with E-state index in [1.165, 1.54) is 31.2 Å². The first-order valence-electron chi connectivity index (χ1n) is 14.0. The Morgan fingerprint density at radius 3 is 1.98 bits per heavy atom. The number of aliphatic carboxylic acids is 2. The molecule has 1 aliphatic rings. The summed E-state index contributed by atoms with van der Waals surface area (Å²) in [7, 11) is 1.55. The number of nitrogens with zero attached hydrogens (tertiary/aromatic N) is 2. The van der Waals surface area contributed by atoms with Gasteiger partial charge in [-0.2, -0.15) is 5.26 Å². The first-order chi connectivity index (χ1) is 21.0. The van der Waals surface area contributed by atoms with Crippen LogP contribution in [0.1, 0.15) is 47.7 Å². The quantitative estimate of drug-likeness (QED) is 0.187. The Kier molecular flexibility index (Phi) is 13.6. The Labute approximate surface area is 259 Å². The van der Waals surface area contributed by atoms with Crippen molar-refractivity contribution in [1.29, 1.82) is 5.26 Å². The minimum absolute atomic E-state index is 0. The van der Waals surface area contributed by atoms with Crippen molar-refractivity contribution in [2.24, 2.45) is 5.92 Å². The molecule has 0 amide bonds. The van der Waals surface area contributed by atoms with Crippen LogP contribution in [0, 0.1) is 28.9 Å². The third-order valence-electron chi connectivity index (χ3n) is 7.52. The van der Waals surface area contributed by atoms with E-state index in [0.29, 0.717) is 41.3 Å². The van der Waals surface area contributed by atoms with Crippen LogP contribution in [0.4, 0.5) is 8.78 Å². The van der Waals surface area contributed by atoms with Crippen LogP contribution in [0.15, 0.2) is 66.7 Å². The van der Waals surface area contributed by atoms with Crippen molar-refractivity contribution >= 4 is 17.7 Å². The number of hydrogen-bond acceptors (Lipinski definition) is 7. The highest BCUT2D eigenvalue weighted by Gasteiger charge is 2.44. The summed E-state index contributed by atoms with van der Waals surface area (Å²) in [5.41, 5.74) is 0.966. The topological polar surface area (TPSA) is 169 Å². The molecule has 1 fully saturated rings. The summed E-state index contributed by atoms with van der Waals surface area (Å²) in [5.74, 6) is -3.36. The molecule has 0 aliphatic carbocycles. The number of methoxy groups -OCH3 is 1. The molecule has 240 valence electrons. The van der Waals surface area contributed by atoms with E-state index in [9.17, 15) is 18.8 Å². The maximum atomic E-state index is 13.8. The number of likely N-dealkylation sites (tertiary alicyclic amines) is 1. The molecule has 4 rings (SSSR count). The molecule has 4 N–H and O–H groups in total. The van der Waals surface area contributed by atoms with Gasteiger partial charge in [-0.15, -0.1) is 0 Å². The van der Waals surface area contributed by atoms with Gasteiger partial charge in [0.1, 0.15) is 17.0 Å². The van der Waals surface area contributed by atoms with Gasteiger partial charge in [0.25, 0.3) is 0 Å². The maximum Gasteiger partial charge on any atom is 0.414 e. The van der Waals surface area contributed by atoms with Gasteiger partial charge in [0.15, 0.2) is 17.3 Å². The van der Waals surface area contributed by atoms with Crippen molar-refractivity contribution in [3.63, 3.8) is 0 Å². The summed E-state index contributed by atoms with van der Waals surface area (Å²) in [6.07, 6.45) is 2.50. The van der Waals surface area contributed by atoms with Crippen molar-refractivity contribution in [3.05, 3.63) is 95.1 Å². The second-order valence-corrected chi connectivity index (χ2v) is 10.3. The van der Waals surface area contributed by atoms with Crippen molar-refractivity contribution in [2.45, 2.75) is 31.6 Å². The lowest BCUT2D eigenvalue weighted by Gasteiger charge is -2.42. The number of Topliss-reactive ketones (excluding diaryl/α,β-unsaturated/α-hetero) is 1. The lowest BCUT2D eigenvalue weighted by atomic mass is 9.64. The van der Waals surface area contributed by atoms with Gasteiger partial charge in [-0.3, -0.25) is 4.79 Å². The van der Waals surface area contributed by atoms with Gasteiger partial charge in [-0.1, -0.05) is 24.3 Å². The van der Waals surface area contributed by atoms with Crippen LogP contribution in [0.25, 0.3) is 0 Å². The highest BCUT2D eigenvalue weighted by atomic mass is 19.1. The van der Waals surface area contributed by atoms with Gasteiger partial charge in [-0.25, -0.2) is 18.4 Å². The molecule has 1 unspecified atom stereocenters. The Morgan fingerprint density at radius 1 is 0.956 bits per heavy atom. The zero-order valence-electron chi connectivity index (χ0n) is 25.0. The zero-order chi connectivity index (χ0) is 32.3. The number of halogens is 2. The molecular formula is C33H36F2N2O8. The molecule has 1 aliphatic heterocycles. The number of hydrogen-bond donors (Lipinski definition) is 2. The van der Waals surface area contributed by atoms with E-state index < -0.39 is 17.4 Å². The van der Waals surface area contributed by atoms with Gasteiger partial charge in [0, 0.05) is 18.7 Å². The number of benzene rings is 3. The van der Waals surface area contributed by atoms with E-state index in [1.807, 2.05) is 0 Å². The fraction of sp³-hybridized carbons (Fsp3) is 0.333. The average molecular weight is 627 g/mol. The maximum absolute atomic E-state index is 13.8. The molecule has 0 aromatic heterocycles. The van der Waals surface area contributed by atoms with Crippen molar-refractivity contribution in [3.8, 4) is 17.6 Å². The van der Waals surface area contributed by atoms with Crippen LogP contribution < -0.4 is 9.47 Å². The highest BCUT2D eigenvalue weighted by molar-refractivity contribution is 6.27. The van der Waals surface area contributed by atoms with E-state index in [1.54, 1.807) is 49.6 Å². The van der Waals surface area contributed by atoms with Gasteiger partial charge in [-0.05, 0) is 92.2 Å². The van der Waals surface area contributed by atoms with Crippen molar-refractivity contribution < 1.29 is 48.3 Å². The van der Waals surface area contributed by atoms with E-state index in [2.05, 4.69) is 11.0 Å². The Morgan fingerprint density at radius 2 is 1.51 bits per heavy atom. The molecule has 10 nitrogen and oxygen atoms in total. The zero-order valence-corrected chi connectivity index (χ0v) is 25.0. The molecule has 1 atom stereocenters. The number of nitriles is 1. The highest BCUT2D eigenvalue weighted by Crippen LogP contribution is 2.43. The van der Waals surface area contributed by atoms with Gasteiger partial charge in [0.2, 0.25) is 0 Å². The first kappa shape index (κ1) is 36.3. The van der Waals surface area contributed by atoms with Crippen molar-refractivity contribution in [1.82, 2.24) is 4.90 Å². The molecule has 3 aromatic carbocycles. The number of piperidine rings is 1. The Balaban J connectivity index is 0.000000918. The monoisotopic (exact) mass is 626 g/mol. The molecule has 0 bridgehead atoms. The van der Waals surface area contributed by atoms with Gasteiger partial charge in [0.05, 0.1) is 19.8 Å². The summed E-state index contributed by atoms with van der Waals surface area (Å²) in [6, 6.07) is 19.9. The number of rotatable bonds is 10. The number of ether oxygens (including phenoxy) is 2. The normalized spacial score (nSPS) is 14.5. The molecule has 1 heterocycles. The fourth-order valence-corrected chi connectivity index (χ4v) is 5.37. The van der Waals surface area contributed by atoms with Gasteiger partial charge < -0.3 is 30.1 Å². The molecule has 12 heteroatoms. The smallest absolute Gasteiger partial charge is 0.414 e. The molecule has 3 aromatic rings. The number of carbonyl (C=O) groups excluding carboxylic acids is 1. The third-order valence-corrected chi connectivity index (χ3v) is 7.52. The average Bonchev–Trinajstić information content (AvgIpc) is 3.02. The second-order valence-electron chi connectivity index (χ2n) is 10.3. The summed E-state index contributed by atoms with van der Waals surface area (Å²) in [6.45, 7) is 4.34. The van der Waals surface area contributed by atoms with Crippen LogP contribution in [-0.4, -0.2) is 71.7 Å². The fourth-order valence-electron chi connectivity index (χ4n) is 5.37. The van der Waals surface area contributed by atoms with Gasteiger partial charge >= 0.3 is 11.9 Å². The number of ketones is 1. The molecule has 1 saturated heterocycles.